The number of thiophene rings is 1. The van der Waals surface area contributed by atoms with Crippen molar-refractivity contribution < 1.29 is 9.84 Å². The Morgan fingerprint density at radius 2 is 2.08 bits per heavy atom. The van der Waals surface area contributed by atoms with Gasteiger partial charge < -0.3 is 9.84 Å². The molecule has 0 bridgehead atoms. The maximum Gasteiger partial charge on any atom is 0.271 e. The number of para-hydroxylation sites is 1. The summed E-state index contributed by atoms with van der Waals surface area (Å²) in [6.45, 7) is 4.47. The van der Waals surface area contributed by atoms with Crippen LogP contribution in [0.3, 0.4) is 0 Å². The Kier molecular flexibility index (Phi) is 4.97. The third-order valence-corrected chi connectivity index (χ3v) is 4.71. The van der Waals surface area contributed by atoms with Gasteiger partial charge >= 0.3 is 0 Å². The van der Waals surface area contributed by atoms with Crippen molar-refractivity contribution in [3.05, 3.63) is 58.0 Å². The number of fused-ring (bicyclic) bond motifs is 1. The summed E-state index contributed by atoms with van der Waals surface area (Å²) in [7, 11) is 0. The summed E-state index contributed by atoms with van der Waals surface area (Å²) < 4.78 is 7.80. The number of rotatable bonds is 6. The van der Waals surface area contributed by atoms with Crippen molar-refractivity contribution >= 4 is 21.6 Å². The summed E-state index contributed by atoms with van der Waals surface area (Å²) in [6.07, 6.45) is 0.685. The van der Waals surface area contributed by atoms with Gasteiger partial charge in [0.15, 0.2) is 0 Å². The Balaban J connectivity index is 1.68. The standard InChI is InChI=1S/C18H20N2O3S/c1-12(2)14-5-3-4-6-16(14)23-10-13(21)9-20-11-19-15-7-8-24-17(15)18(20)22/h3-8,11-13,21H,9-10H2,1-2H3. The molecule has 3 aromatic rings. The smallest absolute Gasteiger partial charge is 0.271 e. The average molecular weight is 344 g/mol. The van der Waals surface area contributed by atoms with Crippen LogP contribution in [0.2, 0.25) is 0 Å². The van der Waals surface area contributed by atoms with Gasteiger partial charge in [-0.25, -0.2) is 4.98 Å². The molecule has 2 aromatic heterocycles. The van der Waals surface area contributed by atoms with Crippen molar-refractivity contribution in [1.82, 2.24) is 9.55 Å². The highest BCUT2D eigenvalue weighted by atomic mass is 32.1. The Labute approximate surface area is 144 Å². The first-order valence-electron chi connectivity index (χ1n) is 7.88. The molecular weight excluding hydrogens is 324 g/mol. The second-order valence-corrected chi connectivity index (χ2v) is 6.91. The Bertz CT molecular complexity index is 885. The van der Waals surface area contributed by atoms with E-state index >= 15 is 0 Å². The molecule has 0 aliphatic heterocycles. The average Bonchev–Trinajstić information content (AvgIpc) is 3.05. The maximum atomic E-state index is 12.3. The number of ether oxygens (including phenoxy) is 1. The van der Waals surface area contributed by atoms with Crippen LogP contribution < -0.4 is 10.3 Å². The van der Waals surface area contributed by atoms with Gasteiger partial charge in [-0.1, -0.05) is 32.0 Å². The third-order valence-electron chi connectivity index (χ3n) is 3.82. The molecule has 0 amide bonds. The van der Waals surface area contributed by atoms with E-state index in [9.17, 15) is 9.90 Å². The van der Waals surface area contributed by atoms with E-state index in [1.807, 2.05) is 35.7 Å². The molecule has 1 N–H and O–H groups in total. The Morgan fingerprint density at radius 1 is 1.29 bits per heavy atom. The number of nitrogens with zero attached hydrogens (tertiary/aromatic N) is 2. The quantitative estimate of drug-likeness (QED) is 0.746. The largest absolute Gasteiger partial charge is 0.491 e. The maximum absolute atomic E-state index is 12.3. The second-order valence-electron chi connectivity index (χ2n) is 5.99. The summed E-state index contributed by atoms with van der Waals surface area (Å²) in [6, 6.07) is 9.61. The fourth-order valence-electron chi connectivity index (χ4n) is 2.56. The van der Waals surface area contributed by atoms with Gasteiger partial charge in [-0.2, -0.15) is 0 Å². The monoisotopic (exact) mass is 344 g/mol. The van der Waals surface area contributed by atoms with Crippen molar-refractivity contribution in [3.63, 3.8) is 0 Å². The lowest BCUT2D eigenvalue weighted by Gasteiger charge is -2.17. The van der Waals surface area contributed by atoms with E-state index < -0.39 is 6.10 Å². The zero-order chi connectivity index (χ0) is 17.1. The minimum absolute atomic E-state index is 0.124. The fourth-order valence-corrected chi connectivity index (χ4v) is 3.36. The number of aromatic nitrogens is 2. The molecule has 0 aliphatic rings. The lowest BCUT2D eigenvalue weighted by molar-refractivity contribution is 0.0909. The van der Waals surface area contributed by atoms with Crippen LogP contribution >= 0.6 is 11.3 Å². The number of hydrogen-bond donors (Lipinski definition) is 1. The first kappa shape index (κ1) is 16.7. The molecule has 0 saturated heterocycles. The molecule has 5 nitrogen and oxygen atoms in total. The molecule has 0 fully saturated rings. The van der Waals surface area contributed by atoms with Gasteiger partial charge in [-0.15, -0.1) is 11.3 Å². The zero-order valence-electron chi connectivity index (χ0n) is 13.7. The molecule has 24 heavy (non-hydrogen) atoms. The van der Waals surface area contributed by atoms with E-state index in [4.69, 9.17) is 4.74 Å². The van der Waals surface area contributed by atoms with Gasteiger partial charge in [0.1, 0.15) is 23.2 Å². The first-order valence-corrected chi connectivity index (χ1v) is 8.76. The van der Waals surface area contributed by atoms with Crippen LogP contribution in [0, 0.1) is 0 Å². The highest BCUT2D eigenvalue weighted by Gasteiger charge is 2.13. The minimum Gasteiger partial charge on any atom is -0.491 e. The lowest BCUT2D eigenvalue weighted by atomic mass is 10.0. The van der Waals surface area contributed by atoms with Crippen LogP contribution in [0.15, 0.2) is 46.8 Å². The molecule has 3 rings (SSSR count). The first-order chi connectivity index (χ1) is 11.6. The van der Waals surface area contributed by atoms with Gasteiger partial charge in [-0.3, -0.25) is 9.36 Å². The molecule has 1 aromatic carbocycles. The zero-order valence-corrected chi connectivity index (χ0v) is 14.5. The molecule has 2 heterocycles. The van der Waals surface area contributed by atoms with Crippen LogP contribution in [0.1, 0.15) is 25.3 Å². The topological polar surface area (TPSA) is 64.3 Å². The predicted molar refractivity (Wildman–Crippen MR) is 95.9 cm³/mol. The second kappa shape index (κ2) is 7.15. The Hall–Kier alpha value is -2.18. The molecule has 126 valence electrons. The van der Waals surface area contributed by atoms with E-state index in [1.165, 1.54) is 22.2 Å². The van der Waals surface area contributed by atoms with Gasteiger partial charge in [0.25, 0.3) is 5.56 Å². The molecule has 0 aliphatic carbocycles. The lowest BCUT2D eigenvalue weighted by Crippen LogP contribution is -2.30. The molecular formula is C18H20N2O3S. The van der Waals surface area contributed by atoms with Crippen molar-refractivity contribution in [2.45, 2.75) is 32.4 Å². The summed E-state index contributed by atoms with van der Waals surface area (Å²) in [5.74, 6) is 1.11. The normalized spacial score (nSPS) is 12.7. The van der Waals surface area contributed by atoms with Crippen molar-refractivity contribution in [2.75, 3.05) is 6.61 Å². The van der Waals surface area contributed by atoms with Gasteiger partial charge in [0, 0.05) is 0 Å². The molecule has 1 unspecified atom stereocenters. The summed E-state index contributed by atoms with van der Waals surface area (Å²) in [5.41, 5.74) is 1.66. The number of benzene rings is 1. The summed E-state index contributed by atoms with van der Waals surface area (Å²) in [4.78, 5) is 16.6. The molecule has 1 atom stereocenters. The SMILES string of the molecule is CC(C)c1ccccc1OCC(O)Cn1cnc2ccsc2c1=O. The van der Waals surface area contributed by atoms with Crippen molar-refractivity contribution in [2.24, 2.45) is 0 Å². The van der Waals surface area contributed by atoms with Crippen LogP contribution in [0.4, 0.5) is 0 Å². The fraction of sp³-hybridized carbons (Fsp3) is 0.333. The number of aliphatic hydroxyl groups is 1. The number of hydrogen-bond acceptors (Lipinski definition) is 5. The number of aliphatic hydroxyl groups excluding tert-OH is 1. The van der Waals surface area contributed by atoms with Crippen molar-refractivity contribution in [1.29, 1.82) is 0 Å². The van der Waals surface area contributed by atoms with Crippen molar-refractivity contribution in [3.8, 4) is 5.75 Å². The molecule has 0 saturated carbocycles. The highest BCUT2D eigenvalue weighted by molar-refractivity contribution is 7.17. The van der Waals surface area contributed by atoms with Gasteiger partial charge in [-0.05, 0) is 29.0 Å². The minimum atomic E-state index is -0.790. The van der Waals surface area contributed by atoms with Crippen LogP contribution in [0.25, 0.3) is 10.2 Å². The van der Waals surface area contributed by atoms with Gasteiger partial charge in [0.05, 0.1) is 18.4 Å². The molecule has 0 radical (unpaired) electrons. The Morgan fingerprint density at radius 3 is 2.88 bits per heavy atom. The van der Waals surface area contributed by atoms with Crippen LogP contribution in [0.5, 0.6) is 5.75 Å². The van der Waals surface area contributed by atoms with E-state index in [2.05, 4.69) is 18.8 Å². The molecule has 0 spiro atoms. The van der Waals surface area contributed by atoms with Crippen LogP contribution in [-0.4, -0.2) is 27.4 Å². The van der Waals surface area contributed by atoms with Crippen LogP contribution in [-0.2, 0) is 6.54 Å². The van der Waals surface area contributed by atoms with E-state index in [1.54, 1.807) is 0 Å². The predicted octanol–water partition coefficient (Wildman–Crippen LogP) is 3.02. The van der Waals surface area contributed by atoms with E-state index in [-0.39, 0.29) is 18.7 Å². The molecule has 6 heteroatoms. The highest BCUT2D eigenvalue weighted by Crippen LogP contribution is 2.25. The summed E-state index contributed by atoms with van der Waals surface area (Å²) in [5, 5.41) is 12.1. The van der Waals surface area contributed by atoms with E-state index in [0.717, 1.165) is 11.3 Å². The third kappa shape index (κ3) is 3.49. The summed E-state index contributed by atoms with van der Waals surface area (Å²) >= 11 is 1.36. The van der Waals surface area contributed by atoms with Gasteiger partial charge in [0.2, 0.25) is 0 Å². The van der Waals surface area contributed by atoms with E-state index in [0.29, 0.717) is 16.1 Å².